The molecule has 0 atom stereocenters. The number of hydrogen-bond acceptors (Lipinski definition) is 3. The largest absolute Gasteiger partial charge is 0.573 e. The van der Waals surface area contributed by atoms with Crippen LogP contribution in [0.25, 0.3) is 0 Å². The van der Waals surface area contributed by atoms with Crippen LogP contribution < -0.4 is 4.74 Å². The van der Waals surface area contributed by atoms with Gasteiger partial charge in [0, 0.05) is 5.56 Å². The Morgan fingerprint density at radius 2 is 1.85 bits per heavy atom. The van der Waals surface area contributed by atoms with Gasteiger partial charge in [-0.2, -0.15) is 13.2 Å². The van der Waals surface area contributed by atoms with Gasteiger partial charge in [-0.3, -0.25) is 0 Å². The lowest BCUT2D eigenvalue weighted by Gasteiger charge is -2.17. The zero-order valence-corrected chi connectivity index (χ0v) is 9.90. The van der Waals surface area contributed by atoms with Gasteiger partial charge in [-0.25, -0.2) is 9.78 Å². The van der Waals surface area contributed by atoms with Gasteiger partial charge in [0.25, 0.3) is 0 Å². The van der Waals surface area contributed by atoms with Gasteiger partial charge in [0.15, 0.2) is 11.4 Å². The SMILES string of the molecule is O=C(O)c1cc(CCl)c(OC(F)(F)F)c(C(F)(F)F)n1. The summed E-state index contributed by atoms with van der Waals surface area (Å²) < 4.78 is 77.5. The Kier molecular flexibility index (Phi) is 4.37. The van der Waals surface area contributed by atoms with Crippen molar-refractivity contribution < 1.29 is 41.0 Å². The van der Waals surface area contributed by atoms with Crippen molar-refractivity contribution in [1.29, 1.82) is 0 Å². The molecule has 0 aliphatic carbocycles. The molecule has 0 radical (unpaired) electrons. The van der Waals surface area contributed by atoms with E-state index in [2.05, 4.69) is 9.72 Å². The first-order valence-corrected chi connectivity index (χ1v) is 5.15. The first-order valence-electron chi connectivity index (χ1n) is 4.62. The molecule has 0 bridgehead atoms. The van der Waals surface area contributed by atoms with Gasteiger partial charge in [0.1, 0.15) is 5.69 Å². The van der Waals surface area contributed by atoms with E-state index < -0.39 is 47.1 Å². The predicted molar refractivity (Wildman–Crippen MR) is 52.4 cm³/mol. The highest BCUT2D eigenvalue weighted by Crippen LogP contribution is 2.40. The molecule has 0 aliphatic rings. The monoisotopic (exact) mass is 323 g/mol. The summed E-state index contributed by atoms with van der Waals surface area (Å²) >= 11 is 5.22. The van der Waals surface area contributed by atoms with Crippen molar-refractivity contribution in [2.75, 3.05) is 0 Å². The third-order valence-corrected chi connectivity index (χ3v) is 2.19. The second kappa shape index (κ2) is 5.35. The van der Waals surface area contributed by atoms with Crippen LogP contribution in [-0.4, -0.2) is 22.4 Å². The summed E-state index contributed by atoms with van der Waals surface area (Å²) in [6.45, 7) is 0. The van der Waals surface area contributed by atoms with E-state index in [1.54, 1.807) is 0 Å². The number of halogens is 7. The highest BCUT2D eigenvalue weighted by molar-refractivity contribution is 6.17. The third kappa shape index (κ3) is 3.89. The van der Waals surface area contributed by atoms with E-state index in [0.29, 0.717) is 6.07 Å². The Labute approximate surface area is 111 Å². The lowest BCUT2D eigenvalue weighted by molar-refractivity contribution is -0.276. The molecule has 1 rings (SSSR count). The maximum absolute atomic E-state index is 12.6. The van der Waals surface area contributed by atoms with Crippen LogP contribution in [0.4, 0.5) is 26.3 Å². The number of hydrogen-bond donors (Lipinski definition) is 1. The molecule has 4 nitrogen and oxygen atoms in total. The summed E-state index contributed by atoms with van der Waals surface area (Å²) in [5.41, 5.74) is -3.99. The molecular formula is C9H4ClF6NO3. The van der Waals surface area contributed by atoms with E-state index in [1.165, 1.54) is 0 Å². The molecule has 1 aromatic rings. The Morgan fingerprint density at radius 1 is 1.30 bits per heavy atom. The summed E-state index contributed by atoms with van der Waals surface area (Å²) in [4.78, 5) is 13.2. The van der Waals surface area contributed by atoms with E-state index in [4.69, 9.17) is 16.7 Å². The summed E-state index contributed by atoms with van der Waals surface area (Å²) in [7, 11) is 0. The molecule has 0 saturated heterocycles. The van der Waals surface area contributed by atoms with Gasteiger partial charge < -0.3 is 9.84 Å². The van der Waals surface area contributed by atoms with Gasteiger partial charge >= 0.3 is 18.5 Å². The zero-order valence-electron chi connectivity index (χ0n) is 9.14. The molecule has 11 heteroatoms. The van der Waals surface area contributed by atoms with Crippen molar-refractivity contribution >= 4 is 17.6 Å². The Balaban J connectivity index is 3.57. The molecule has 20 heavy (non-hydrogen) atoms. The van der Waals surface area contributed by atoms with E-state index in [-0.39, 0.29) is 0 Å². The summed E-state index contributed by atoms with van der Waals surface area (Å²) in [6.07, 6.45) is -10.7. The molecule has 1 N–H and O–H groups in total. The lowest BCUT2D eigenvalue weighted by Crippen LogP contribution is -2.23. The van der Waals surface area contributed by atoms with Crippen molar-refractivity contribution in [3.63, 3.8) is 0 Å². The number of carboxylic acid groups (broad SMARTS) is 1. The van der Waals surface area contributed by atoms with Crippen molar-refractivity contribution in [3.05, 3.63) is 23.0 Å². The fourth-order valence-electron chi connectivity index (χ4n) is 1.22. The van der Waals surface area contributed by atoms with Gasteiger partial charge in [-0.05, 0) is 6.07 Å². The van der Waals surface area contributed by atoms with Crippen LogP contribution in [0.3, 0.4) is 0 Å². The number of nitrogens with zero attached hydrogens (tertiary/aromatic N) is 1. The fourth-order valence-corrected chi connectivity index (χ4v) is 1.42. The van der Waals surface area contributed by atoms with Crippen molar-refractivity contribution in [2.45, 2.75) is 18.4 Å². The first kappa shape index (κ1) is 16.3. The normalized spacial score (nSPS) is 12.3. The molecule has 1 aromatic heterocycles. The summed E-state index contributed by atoms with van der Waals surface area (Å²) in [5, 5.41) is 8.58. The van der Waals surface area contributed by atoms with Crippen LogP contribution in [0.5, 0.6) is 5.75 Å². The average Bonchev–Trinajstić information content (AvgIpc) is 2.25. The number of carbonyl (C=O) groups is 1. The lowest BCUT2D eigenvalue weighted by atomic mass is 10.1. The van der Waals surface area contributed by atoms with Crippen LogP contribution in [0, 0.1) is 0 Å². The first-order chi connectivity index (χ1) is 8.95. The molecule has 0 amide bonds. The molecule has 0 unspecified atom stereocenters. The van der Waals surface area contributed by atoms with Crippen LogP contribution in [0.15, 0.2) is 6.07 Å². The predicted octanol–water partition coefficient (Wildman–Crippen LogP) is 3.44. The second-order valence-electron chi connectivity index (χ2n) is 3.33. The highest BCUT2D eigenvalue weighted by atomic mass is 35.5. The third-order valence-electron chi connectivity index (χ3n) is 1.90. The Morgan fingerprint density at radius 3 is 2.20 bits per heavy atom. The van der Waals surface area contributed by atoms with Crippen molar-refractivity contribution in [1.82, 2.24) is 4.98 Å². The number of rotatable bonds is 3. The minimum atomic E-state index is -5.41. The highest BCUT2D eigenvalue weighted by Gasteiger charge is 2.42. The number of pyridine rings is 1. The fraction of sp³-hybridized carbons (Fsp3) is 0.333. The maximum Gasteiger partial charge on any atom is 0.573 e. The summed E-state index contributed by atoms with van der Waals surface area (Å²) in [5.74, 6) is -4.33. The minimum absolute atomic E-state index is 0.478. The quantitative estimate of drug-likeness (QED) is 0.684. The number of alkyl halides is 7. The standard InChI is InChI=1S/C9H4ClF6NO3/c10-2-3-1-4(7(18)19)17-6(8(11,12)13)5(3)20-9(14,15)16/h1H,2H2,(H,18,19). The molecule has 0 aromatic carbocycles. The molecular weight excluding hydrogens is 320 g/mol. The second-order valence-corrected chi connectivity index (χ2v) is 3.60. The molecule has 0 fully saturated rings. The van der Waals surface area contributed by atoms with Crippen LogP contribution in [-0.2, 0) is 12.1 Å². The number of aromatic carboxylic acids is 1. The maximum atomic E-state index is 12.6. The van der Waals surface area contributed by atoms with Gasteiger partial charge in [0.05, 0.1) is 5.88 Å². The van der Waals surface area contributed by atoms with Crippen molar-refractivity contribution in [2.24, 2.45) is 0 Å². The van der Waals surface area contributed by atoms with Gasteiger partial charge in [-0.15, -0.1) is 24.8 Å². The molecule has 112 valence electrons. The number of carboxylic acids is 1. The molecule has 0 aliphatic heterocycles. The van der Waals surface area contributed by atoms with Crippen LogP contribution in [0.2, 0.25) is 0 Å². The van der Waals surface area contributed by atoms with Gasteiger partial charge in [0.2, 0.25) is 0 Å². The molecule has 0 saturated carbocycles. The number of ether oxygens (including phenoxy) is 1. The zero-order chi connectivity index (χ0) is 15.7. The number of aromatic nitrogens is 1. The van der Waals surface area contributed by atoms with Crippen molar-refractivity contribution in [3.8, 4) is 5.75 Å². The van der Waals surface area contributed by atoms with E-state index in [1.807, 2.05) is 0 Å². The van der Waals surface area contributed by atoms with E-state index in [9.17, 15) is 31.1 Å². The Bertz CT molecular complexity index is 528. The van der Waals surface area contributed by atoms with Crippen LogP contribution >= 0.6 is 11.6 Å². The van der Waals surface area contributed by atoms with Crippen LogP contribution in [0.1, 0.15) is 21.7 Å². The van der Waals surface area contributed by atoms with E-state index >= 15 is 0 Å². The molecule has 1 heterocycles. The smallest absolute Gasteiger partial charge is 0.477 e. The average molecular weight is 324 g/mol. The minimum Gasteiger partial charge on any atom is -0.477 e. The Hall–Kier alpha value is -1.71. The van der Waals surface area contributed by atoms with Gasteiger partial charge in [-0.1, -0.05) is 0 Å². The summed E-state index contributed by atoms with van der Waals surface area (Å²) in [6, 6.07) is 0.478. The topological polar surface area (TPSA) is 59.4 Å². The van der Waals surface area contributed by atoms with E-state index in [0.717, 1.165) is 0 Å². The molecule has 0 spiro atoms.